The Bertz CT molecular complexity index is 1220. The van der Waals surface area contributed by atoms with Crippen molar-refractivity contribution in [2.45, 2.75) is 68.2 Å². The van der Waals surface area contributed by atoms with Gasteiger partial charge in [-0.05, 0) is 26.2 Å². The highest BCUT2D eigenvalue weighted by Gasteiger charge is 2.31. The van der Waals surface area contributed by atoms with Crippen LogP contribution in [0.25, 0.3) is 11.4 Å². The predicted octanol–water partition coefficient (Wildman–Crippen LogP) is 3.83. The molecule has 1 aromatic heterocycles. The van der Waals surface area contributed by atoms with E-state index < -0.39 is 29.9 Å². The van der Waals surface area contributed by atoms with Crippen LogP contribution in [-0.4, -0.2) is 92.8 Å². The number of amides is 3. The molecule has 0 spiro atoms. The molecule has 3 amide bonds. The van der Waals surface area contributed by atoms with Crippen molar-refractivity contribution in [1.29, 1.82) is 0 Å². The minimum absolute atomic E-state index is 0.0711. The summed E-state index contributed by atoms with van der Waals surface area (Å²) >= 11 is 1.65. The maximum Gasteiger partial charge on any atom is 0.409 e. The minimum Gasteiger partial charge on any atom is -0.481 e. The van der Waals surface area contributed by atoms with Crippen molar-refractivity contribution < 1.29 is 29.0 Å². The first kappa shape index (κ1) is 30.3. The van der Waals surface area contributed by atoms with Gasteiger partial charge in [-0.1, -0.05) is 49.6 Å². The lowest BCUT2D eigenvalue weighted by atomic mass is 10.0. The molecular weight excluding hydrogens is 546 g/mol. The number of aromatic nitrogens is 2. The molecular formula is C29H37N5O6S. The van der Waals surface area contributed by atoms with Crippen molar-refractivity contribution in [3.8, 4) is 11.4 Å². The van der Waals surface area contributed by atoms with Crippen molar-refractivity contribution in [2.75, 3.05) is 32.8 Å². The molecule has 1 saturated heterocycles. The van der Waals surface area contributed by atoms with E-state index in [1.165, 1.54) is 24.2 Å². The molecule has 4 rings (SSSR count). The molecule has 1 aliphatic carbocycles. The van der Waals surface area contributed by atoms with Crippen LogP contribution in [-0.2, 0) is 14.3 Å². The molecule has 0 radical (unpaired) electrons. The molecule has 1 saturated carbocycles. The van der Waals surface area contributed by atoms with Gasteiger partial charge in [-0.3, -0.25) is 14.4 Å². The van der Waals surface area contributed by atoms with Gasteiger partial charge in [0.2, 0.25) is 5.91 Å². The van der Waals surface area contributed by atoms with Gasteiger partial charge in [0.15, 0.2) is 5.82 Å². The summed E-state index contributed by atoms with van der Waals surface area (Å²) in [5.41, 5.74) is 0.892. The van der Waals surface area contributed by atoms with Crippen LogP contribution >= 0.6 is 11.8 Å². The van der Waals surface area contributed by atoms with Crippen molar-refractivity contribution in [1.82, 2.24) is 25.1 Å². The number of carbonyl (C=O) groups excluding carboxylic acids is 3. The number of piperazine rings is 1. The maximum absolute atomic E-state index is 13.5. The van der Waals surface area contributed by atoms with E-state index in [0.29, 0.717) is 16.1 Å². The second kappa shape index (κ2) is 14.8. The summed E-state index contributed by atoms with van der Waals surface area (Å²) < 4.78 is 5.04. The Balaban J connectivity index is 1.52. The summed E-state index contributed by atoms with van der Waals surface area (Å²) in [4.78, 5) is 62.7. The summed E-state index contributed by atoms with van der Waals surface area (Å²) in [6, 6.07) is 9.99. The topological polar surface area (TPSA) is 142 Å². The fourth-order valence-corrected chi connectivity index (χ4v) is 6.20. The van der Waals surface area contributed by atoms with Gasteiger partial charge in [-0.2, -0.15) is 0 Å². The van der Waals surface area contributed by atoms with Crippen LogP contribution in [0.4, 0.5) is 4.79 Å². The molecule has 1 aromatic carbocycles. The number of carboxylic acid groups (broad SMARTS) is 1. The molecule has 2 heterocycles. The third kappa shape index (κ3) is 8.66. The maximum atomic E-state index is 13.5. The third-order valence-corrected chi connectivity index (χ3v) is 8.43. The van der Waals surface area contributed by atoms with Crippen molar-refractivity contribution in [3.63, 3.8) is 0 Å². The van der Waals surface area contributed by atoms with E-state index in [0.717, 1.165) is 18.4 Å². The van der Waals surface area contributed by atoms with Gasteiger partial charge in [0, 0.05) is 49.5 Å². The molecule has 1 aliphatic heterocycles. The first-order valence-corrected chi connectivity index (χ1v) is 15.1. The predicted molar refractivity (Wildman–Crippen MR) is 153 cm³/mol. The molecule has 11 nitrogen and oxygen atoms in total. The number of carbonyl (C=O) groups is 4. The highest BCUT2D eigenvalue weighted by atomic mass is 32.2. The van der Waals surface area contributed by atoms with Crippen LogP contribution in [0.3, 0.4) is 0 Å². The largest absolute Gasteiger partial charge is 0.481 e. The second-order valence-electron chi connectivity index (χ2n) is 10.1. The number of carboxylic acids is 1. The molecule has 0 unspecified atom stereocenters. The van der Waals surface area contributed by atoms with Gasteiger partial charge >= 0.3 is 12.1 Å². The van der Waals surface area contributed by atoms with Crippen molar-refractivity contribution in [3.05, 3.63) is 42.1 Å². The lowest BCUT2D eigenvalue weighted by Crippen LogP contribution is -2.56. The summed E-state index contributed by atoms with van der Waals surface area (Å²) in [5, 5.41) is 13.1. The SMILES string of the molecule is CCOC(=O)N1CCN(C(=O)[C@H](CCC(=O)O)NC(=O)c2cc(SC3CCCCC3)nc(-c3ccccc3)n2)CC1. The standard InChI is InChI=1S/C29H37N5O6S/c1-2-40-29(39)34-17-15-33(16-18-34)28(38)22(13-14-25(35)36)31-27(37)23-19-24(41-21-11-7-4-8-12-21)32-26(30-23)20-9-5-3-6-10-20/h3,5-6,9-10,19,21-22H,2,4,7-8,11-18H2,1H3,(H,31,37)(H,35,36)/t22-/m0/s1. The summed E-state index contributed by atoms with van der Waals surface area (Å²) in [7, 11) is 0. The van der Waals surface area contributed by atoms with Gasteiger partial charge in [0.25, 0.3) is 5.91 Å². The summed E-state index contributed by atoms with van der Waals surface area (Å²) in [6.45, 7) is 3.08. The average Bonchev–Trinajstić information content (AvgIpc) is 2.99. The van der Waals surface area contributed by atoms with Gasteiger partial charge in [-0.15, -0.1) is 11.8 Å². The average molecular weight is 584 g/mol. The Hall–Kier alpha value is -3.67. The highest BCUT2D eigenvalue weighted by molar-refractivity contribution is 7.99. The number of aliphatic carboxylic acids is 1. The fourth-order valence-electron chi connectivity index (χ4n) is 4.97. The summed E-state index contributed by atoms with van der Waals surface area (Å²) in [6.07, 6.45) is 4.95. The van der Waals surface area contributed by atoms with E-state index in [9.17, 15) is 24.3 Å². The number of benzene rings is 1. The number of nitrogens with one attached hydrogen (secondary N) is 1. The number of nitrogens with zero attached hydrogens (tertiary/aromatic N) is 4. The number of hydrogen-bond acceptors (Lipinski definition) is 8. The lowest BCUT2D eigenvalue weighted by Gasteiger charge is -2.35. The zero-order valence-corrected chi connectivity index (χ0v) is 24.1. The van der Waals surface area contributed by atoms with E-state index >= 15 is 0 Å². The summed E-state index contributed by atoms with van der Waals surface area (Å²) in [5.74, 6) is -1.61. The van der Waals surface area contributed by atoms with E-state index in [-0.39, 0.29) is 51.3 Å². The third-order valence-electron chi connectivity index (χ3n) is 7.17. The van der Waals surface area contributed by atoms with Crippen LogP contribution in [0, 0.1) is 0 Å². The van der Waals surface area contributed by atoms with E-state index in [1.54, 1.807) is 29.7 Å². The van der Waals surface area contributed by atoms with Gasteiger partial charge in [0.05, 0.1) is 6.61 Å². The Kier molecular flexibility index (Phi) is 10.9. The van der Waals surface area contributed by atoms with Gasteiger partial charge in [0.1, 0.15) is 16.8 Å². The molecule has 220 valence electrons. The van der Waals surface area contributed by atoms with E-state index in [1.807, 2.05) is 30.3 Å². The molecule has 2 aromatic rings. The molecule has 0 bridgehead atoms. The molecule has 2 N–H and O–H groups in total. The lowest BCUT2D eigenvalue weighted by molar-refractivity contribution is -0.138. The molecule has 2 fully saturated rings. The fraction of sp³-hybridized carbons (Fsp3) is 0.517. The van der Waals surface area contributed by atoms with Crippen LogP contribution in [0.5, 0.6) is 0 Å². The molecule has 1 atom stereocenters. The number of rotatable bonds is 10. The normalized spacial score (nSPS) is 16.6. The number of ether oxygens (including phenoxy) is 1. The van der Waals surface area contributed by atoms with Crippen LogP contribution in [0.15, 0.2) is 41.4 Å². The van der Waals surface area contributed by atoms with Crippen LogP contribution < -0.4 is 5.32 Å². The smallest absolute Gasteiger partial charge is 0.409 e. The van der Waals surface area contributed by atoms with Gasteiger partial charge < -0.3 is 25.0 Å². The zero-order chi connectivity index (χ0) is 29.2. The van der Waals surface area contributed by atoms with Crippen molar-refractivity contribution >= 4 is 35.6 Å². The van der Waals surface area contributed by atoms with E-state index in [2.05, 4.69) is 10.3 Å². The van der Waals surface area contributed by atoms with E-state index in [4.69, 9.17) is 9.72 Å². The second-order valence-corrected chi connectivity index (χ2v) is 11.4. The quantitative estimate of drug-likeness (QED) is 0.399. The first-order valence-electron chi connectivity index (χ1n) is 14.2. The first-order chi connectivity index (χ1) is 19.8. The minimum atomic E-state index is -1.07. The Morgan fingerprint density at radius 1 is 1.02 bits per heavy atom. The highest BCUT2D eigenvalue weighted by Crippen LogP contribution is 2.33. The Morgan fingerprint density at radius 2 is 1.71 bits per heavy atom. The molecule has 2 aliphatic rings. The van der Waals surface area contributed by atoms with Crippen LogP contribution in [0.1, 0.15) is 62.4 Å². The Labute approximate surface area is 244 Å². The van der Waals surface area contributed by atoms with Crippen molar-refractivity contribution in [2.24, 2.45) is 0 Å². The number of thioether (sulfide) groups is 1. The Morgan fingerprint density at radius 3 is 2.37 bits per heavy atom. The molecule has 12 heteroatoms. The number of hydrogen-bond donors (Lipinski definition) is 2. The zero-order valence-electron chi connectivity index (χ0n) is 23.3. The van der Waals surface area contributed by atoms with Crippen LogP contribution in [0.2, 0.25) is 0 Å². The monoisotopic (exact) mass is 583 g/mol. The van der Waals surface area contributed by atoms with Gasteiger partial charge in [-0.25, -0.2) is 14.8 Å². The molecule has 41 heavy (non-hydrogen) atoms.